The minimum atomic E-state index is -3.53. The summed E-state index contributed by atoms with van der Waals surface area (Å²) in [6.07, 6.45) is 0.0938. The molecule has 0 radical (unpaired) electrons. The maximum absolute atomic E-state index is 14.5. The highest BCUT2D eigenvalue weighted by molar-refractivity contribution is 7.82. The maximum atomic E-state index is 14.5. The van der Waals surface area contributed by atoms with Crippen molar-refractivity contribution < 1.29 is 14.2 Å². The minimum Gasteiger partial charge on any atom is -0.504 e. The highest BCUT2D eigenvalue weighted by atomic mass is 31.2. The molecule has 0 atom stereocenters. The molecule has 0 aliphatic heterocycles. The van der Waals surface area contributed by atoms with Gasteiger partial charge in [0.15, 0.2) is 5.50 Å². The van der Waals surface area contributed by atoms with Crippen LogP contribution in [0.25, 0.3) is 0 Å². The van der Waals surface area contributed by atoms with Crippen molar-refractivity contribution in [3.8, 4) is 0 Å². The number of benzene rings is 4. The number of hydrogen-bond acceptors (Lipinski definition) is 3. The zero-order valence-electron chi connectivity index (χ0n) is 18.4. The molecule has 0 saturated carbocycles. The Hall–Kier alpha value is -3.12. The Kier molecular flexibility index (Phi) is 6.84. The van der Waals surface area contributed by atoms with E-state index in [1.807, 2.05) is 97.1 Å². The molecule has 5 heteroatoms. The van der Waals surface area contributed by atoms with Crippen molar-refractivity contribution in [2.45, 2.75) is 6.92 Å². The van der Waals surface area contributed by atoms with Gasteiger partial charge in [0.2, 0.25) is 7.14 Å². The summed E-state index contributed by atoms with van der Waals surface area (Å²) in [6, 6.07) is 36.7. The largest absolute Gasteiger partial charge is 0.504 e. The Labute approximate surface area is 195 Å². The van der Waals surface area contributed by atoms with Crippen molar-refractivity contribution in [1.29, 1.82) is 0 Å². The first-order valence-electron chi connectivity index (χ1n) is 10.8. The molecule has 166 valence electrons. The molecule has 0 fully saturated rings. The Balaban J connectivity index is 1.88. The van der Waals surface area contributed by atoms with Crippen LogP contribution in [-0.4, -0.2) is 11.3 Å². The summed E-state index contributed by atoms with van der Waals surface area (Å²) in [5, 5.41) is 14.0. The first kappa shape index (κ1) is 23.1. The van der Waals surface area contributed by atoms with E-state index in [1.54, 1.807) is 31.2 Å². The van der Waals surface area contributed by atoms with Gasteiger partial charge in [-0.3, -0.25) is 0 Å². The Bertz CT molecular complexity index is 1250. The molecule has 0 aliphatic carbocycles. The first-order chi connectivity index (χ1) is 16.0. The lowest BCUT2D eigenvalue weighted by Gasteiger charge is -2.24. The van der Waals surface area contributed by atoms with Crippen molar-refractivity contribution in [2.75, 3.05) is 6.16 Å². The molecule has 0 aromatic heterocycles. The van der Waals surface area contributed by atoms with E-state index in [9.17, 15) is 14.2 Å². The van der Waals surface area contributed by atoms with Crippen LogP contribution in [0.3, 0.4) is 0 Å². The highest BCUT2D eigenvalue weighted by Crippen LogP contribution is 2.54. The van der Waals surface area contributed by atoms with E-state index >= 15 is 0 Å². The second-order valence-electron chi connectivity index (χ2n) is 7.95. The average molecular weight is 472 g/mol. The third-order valence-corrected chi connectivity index (χ3v) is 11.9. The Morgan fingerprint density at radius 3 is 1.21 bits per heavy atom. The molecule has 4 aromatic rings. The number of aliphatic hydroxyl groups is 1. The molecule has 0 heterocycles. The van der Waals surface area contributed by atoms with E-state index in [4.69, 9.17) is 0 Å². The highest BCUT2D eigenvalue weighted by Gasteiger charge is 2.36. The fourth-order valence-electron chi connectivity index (χ4n) is 4.01. The monoisotopic (exact) mass is 472 g/mol. The van der Waals surface area contributed by atoms with Crippen LogP contribution in [0.15, 0.2) is 132 Å². The van der Waals surface area contributed by atoms with Gasteiger partial charge in [0.05, 0.1) is 0 Å². The lowest BCUT2D eigenvalue weighted by molar-refractivity contribution is 0.436. The zero-order chi connectivity index (χ0) is 23.3. The molecular weight excluding hydrogens is 446 g/mol. The predicted molar refractivity (Wildman–Crippen MR) is 140 cm³/mol. The molecule has 0 spiro atoms. The predicted octanol–water partition coefficient (Wildman–Crippen LogP) is 5.80. The quantitative estimate of drug-likeness (QED) is 0.273. The second-order valence-corrected chi connectivity index (χ2v) is 13.5. The van der Waals surface area contributed by atoms with E-state index < -0.39 is 14.3 Å². The fraction of sp³-hybridized carbons (Fsp3) is 0.0714. The molecule has 0 amide bonds. The summed E-state index contributed by atoms with van der Waals surface area (Å²) in [7, 11) is -6.65. The standard InChI is InChI=1S/C28H26O3P2/c1-23(22-32(30,24-14-6-2-7-15-24)25-16-8-3-9-17-25)28(29)33(31,26-18-10-4-11-19-26)27-20-12-5-13-21-27/h2-21,29H,22H2,1H3. The smallest absolute Gasteiger partial charge is 0.203 e. The van der Waals surface area contributed by atoms with Crippen LogP contribution in [-0.2, 0) is 9.13 Å². The van der Waals surface area contributed by atoms with E-state index in [0.717, 1.165) is 0 Å². The normalized spacial score (nSPS) is 12.8. The molecule has 3 nitrogen and oxygen atoms in total. The maximum Gasteiger partial charge on any atom is 0.203 e. The van der Waals surface area contributed by atoms with Crippen LogP contribution >= 0.6 is 14.3 Å². The molecule has 4 rings (SSSR count). The Morgan fingerprint density at radius 1 is 0.576 bits per heavy atom. The summed E-state index contributed by atoms with van der Waals surface area (Å²) in [4.78, 5) is 0. The van der Waals surface area contributed by atoms with Gasteiger partial charge in [0.1, 0.15) is 7.14 Å². The molecule has 0 unspecified atom stereocenters. The summed E-state index contributed by atoms with van der Waals surface area (Å²) in [5.74, 6) is 0. The fourth-order valence-corrected chi connectivity index (χ4v) is 9.51. The number of aliphatic hydroxyl groups excluding tert-OH is 1. The third kappa shape index (κ3) is 4.53. The van der Waals surface area contributed by atoms with Crippen LogP contribution in [0.4, 0.5) is 0 Å². The summed E-state index contributed by atoms with van der Waals surface area (Å²) < 4.78 is 29.0. The van der Waals surface area contributed by atoms with E-state index in [-0.39, 0.29) is 11.7 Å². The van der Waals surface area contributed by atoms with Crippen LogP contribution in [0.1, 0.15) is 6.92 Å². The van der Waals surface area contributed by atoms with Crippen LogP contribution in [0.5, 0.6) is 0 Å². The van der Waals surface area contributed by atoms with Gasteiger partial charge >= 0.3 is 0 Å². The summed E-state index contributed by atoms with van der Waals surface area (Å²) in [6.45, 7) is 1.73. The van der Waals surface area contributed by atoms with Crippen molar-refractivity contribution in [3.63, 3.8) is 0 Å². The molecule has 0 saturated heterocycles. The van der Waals surface area contributed by atoms with Crippen molar-refractivity contribution in [2.24, 2.45) is 0 Å². The molecule has 1 N–H and O–H groups in total. The molecule has 33 heavy (non-hydrogen) atoms. The van der Waals surface area contributed by atoms with E-state index in [0.29, 0.717) is 26.8 Å². The van der Waals surface area contributed by atoms with Crippen molar-refractivity contribution in [1.82, 2.24) is 0 Å². The Morgan fingerprint density at radius 2 is 0.879 bits per heavy atom. The van der Waals surface area contributed by atoms with Crippen LogP contribution < -0.4 is 21.2 Å². The van der Waals surface area contributed by atoms with E-state index in [1.165, 1.54) is 0 Å². The van der Waals surface area contributed by atoms with Gasteiger partial charge in [-0.05, 0) is 12.5 Å². The zero-order valence-corrected chi connectivity index (χ0v) is 20.2. The summed E-state index contributed by atoms with van der Waals surface area (Å²) >= 11 is 0. The van der Waals surface area contributed by atoms with Crippen LogP contribution in [0, 0.1) is 0 Å². The van der Waals surface area contributed by atoms with Gasteiger partial charge < -0.3 is 14.2 Å². The van der Waals surface area contributed by atoms with Crippen LogP contribution in [0.2, 0.25) is 0 Å². The SMILES string of the molecule is CC(CP(=O)(c1ccccc1)c1ccccc1)=C(O)P(=O)(c1ccccc1)c1ccccc1. The first-order valence-corrected chi connectivity index (χ1v) is 14.4. The lowest BCUT2D eigenvalue weighted by Crippen LogP contribution is -2.21. The average Bonchev–Trinajstić information content (AvgIpc) is 2.89. The second kappa shape index (κ2) is 9.79. The lowest BCUT2D eigenvalue weighted by atomic mass is 10.4. The number of rotatable bonds is 7. The minimum absolute atomic E-state index is 0.0938. The van der Waals surface area contributed by atoms with Gasteiger partial charge in [-0.25, -0.2) is 0 Å². The summed E-state index contributed by atoms with van der Waals surface area (Å²) in [5.41, 5.74) is 0.258. The molecule has 0 aliphatic rings. The third-order valence-electron chi connectivity index (χ3n) is 5.73. The molecule has 4 aromatic carbocycles. The van der Waals surface area contributed by atoms with Crippen molar-refractivity contribution >= 4 is 35.5 Å². The van der Waals surface area contributed by atoms with Gasteiger partial charge in [-0.1, -0.05) is 121 Å². The molecular formula is C28H26O3P2. The topological polar surface area (TPSA) is 54.4 Å². The van der Waals surface area contributed by atoms with Gasteiger partial charge in [-0.2, -0.15) is 0 Å². The molecule has 0 bridgehead atoms. The number of allylic oxidation sites excluding steroid dienone is 1. The van der Waals surface area contributed by atoms with E-state index in [2.05, 4.69) is 0 Å². The number of hydrogen-bond donors (Lipinski definition) is 1. The van der Waals surface area contributed by atoms with Gasteiger partial charge in [0.25, 0.3) is 0 Å². The van der Waals surface area contributed by atoms with Crippen molar-refractivity contribution in [3.05, 3.63) is 132 Å². The van der Waals surface area contributed by atoms with Gasteiger partial charge in [-0.15, -0.1) is 0 Å². The van der Waals surface area contributed by atoms with Gasteiger partial charge in [0, 0.05) is 27.4 Å².